The van der Waals surface area contributed by atoms with Crippen LogP contribution in [0.15, 0.2) is 0 Å². The lowest BCUT2D eigenvalue weighted by molar-refractivity contribution is -0.138. The van der Waals surface area contributed by atoms with Crippen molar-refractivity contribution in [2.75, 3.05) is 47.4 Å². The Balaban J connectivity index is 2.73. The van der Waals surface area contributed by atoms with Crippen molar-refractivity contribution in [3.05, 3.63) is 0 Å². The normalized spacial score (nSPS) is 27.6. The molecule has 1 fully saturated rings. The van der Waals surface area contributed by atoms with Crippen LogP contribution in [0.2, 0.25) is 0 Å². The van der Waals surface area contributed by atoms with Crippen LogP contribution in [0.3, 0.4) is 0 Å². The summed E-state index contributed by atoms with van der Waals surface area (Å²) in [6.07, 6.45) is 0.964. The predicted octanol–water partition coefficient (Wildman–Crippen LogP) is -0.538. The van der Waals surface area contributed by atoms with Crippen molar-refractivity contribution in [1.82, 2.24) is 14.7 Å². The molecule has 1 heterocycles. The molecule has 0 aliphatic carbocycles. The zero-order valence-corrected chi connectivity index (χ0v) is 11.4. The molecule has 5 nitrogen and oxygen atoms in total. The minimum atomic E-state index is -0.373. The molecule has 0 saturated carbocycles. The second-order valence-electron chi connectivity index (χ2n) is 5.15. The van der Waals surface area contributed by atoms with Crippen molar-refractivity contribution in [1.29, 1.82) is 0 Å². The SMILES string of the molecule is CC1CCN(C)C(CO)C(=O)N1CCN(C)C. The van der Waals surface area contributed by atoms with E-state index in [4.69, 9.17) is 0 Å². The number of rotatable bonds is 4. The highest BCUT2D eigenvalue weighted by molar-refractivity contribution is 5.82. The van der Waals surface area contributed by atoms with E-state index < -0.39 is 0 Å². The summed E-state index contributed by atoms with van der Waals surface area (Å²) in [5.74, 6) is 0.0573. The molecule has 1 N–H and O–H groups in total. The molecule has 0 aromatic rings. The number of carbonyl (C=O) groups excluding carboxylic acids is 1. The average molecular weight is 243 g/mol. The minimum absolute atomic E-state index is 0.0573. The molecule has 0 aromatic heterocycles. The Morgan fingerprint density at radius 1 is 1.47 bits per heavy atom. The topological polar surface area (TPSA) is 47.0 Å². The Bertz CT molecular complexity index is 258. The summed E-state index contributed by atoms with van der Waals surface area (Å²) < 4.78 is 0. The van der Waals surface area contributed by atoms with E-state index in [0.29, 0.717) is 0 Å². The fourth-order valence-electron chi connectivity index (χ4n) is 2.16. The third-order valence-corrected chi connectivity index (χ3v) is 3.49. The van der Waals surface area contributed by atoms with E-state index in [1.165, 1.54) is 0 Å². The first-order valence-corrected chi connectivity index (χ1v) is 6.23. The van der Waals surface area contributed by atoms with Gasteiger partial charge in [0.15, 0.2) is 0 Å². The maximum atomic E-state index is 12.3. The molecule has 100 valence electrons. The van der Waals surface area contributed by atoms with Crippen molar-refractivity contribution in [3.63, 3.8) is 0 Å². The molecule has 1 saturated heterocycles. The van der Waals surface area contributed by atoms with Gasteiger partial charge in [0.25, 0.3) is 0 Å². The Morgan fingerprint density at radius 3 is 2.65 bits per heavy atom. The summed E-state index contributed by atoms with van der Waals surface area (Å²) in [7, 11) is 5.91. The van der Waals surface area contributed by atoms with Crippen LogP contribution in [-0.2, 0) is 4.79 Å². The second-order valence-corrected chi connectivity index (χ2v) is 5.15. The Morgan fingerprint density at radius 2 is 2.12 bits per heavy atom. The third kappa shape index (κ3) is 3.66. The first kappa shape index (κ1) is 14.4. The van der Waals surface area contributed by atoms with Crippen LogP contribution >= 0.6 is 0 Å². The maximum Gasteiger partial charge on any atom is 0.242 e. The molecule has 1 rings (SSSR count). The summed E-state index contributed by atoms with van der Waals surface area (Å²) in [6, 6.07) is -0.122. The fraction of sp³-hybridized carbons (Fsp3) is 0.917. The summed E-state index contributed by atoms with van der Waals surface area (Å²) in [4.78, 5) is 18.2. The zero-order valence-electron chi connectivity index (χ0n) is 11.4. The predicted molar refractivity (Wildman–Crippen MR) is 67.8 cm³/mol. The zero-order chi connectivity index (χ0) is 13.0. The van der Waals surface area contributed by atoms with Crippen LogP contribution in [-0.4, -0.2) is 85.2 Å². The summed E-state index contributed by atoms with van der Waals surface area (Å²) >= 11 is 0. The van der Waals surface area contributed by atoms with E-state index in [2.05, 4.69) is 11.8 Å². The lowest BCUT2D eigenvalue weighted by Gasteiger charge is -2.30. The lowest BCUT2D eigenvalue weighted by Crippen LogP contribution is -2.49. The molecule has 1 amide bonds. The molecule has 2 atom stereocenters. The van der Waals surface area contributed by atoms with Gasteiger partial charge < -0.3 is 14.9 Å². The molecule has 0 spiro atoms. The standard InChI is InChI=1S/C12H25N3O2/c1-10-5-6-14(4)11(9-16)12(17)15(10)8-7-13(2)3/h10-11,16H,5-9H2,1-4H3. The van der Waals surface area contributed by atoms with Crippen molar-refractivity contribution in [2.24, 2.45) is 0 Å². The Labute approximate surface area is 104 Å². The van der Waals surface area contributed by atoms with Gasteiger partial charge in [-0.15, -0.1) is 0 Å². The van der Waals surface area contributed by atoms with Gasteiger partial charge in [-0.25, -0.2) is 0 Å². The highest BCUT2D eigenvalue weighted by Gasteiger charge is 2.33. The first-order valence-electron chi connectivity index (χ1n) is 6.23. The molecule has 5 heteroatoms. The molecule has 1 aliphatic heterocycles. The van der Waals surface area contributed by atoms with Gasteiger partial charge in [-0.3, -0.25) is 9.69 Å². The Hall–Kier alpha value is -0.650. The van der Waals surface area contributed by atoms with Crippen LogP contribution in [0.25, 0.3) is 0 Å². The van der Waals surface area contributed by atoms with Gasteiger partial charge in [0.05, 0.1) is 6.61 Å². The summed E-state index contributed by atoms with van der Waals surface area (Å²) in [5, 5.41) is 9.34. The maximum absolute atomic E-state index is 12.3. The molecule has 0 radical (unpaired) electrons. The van der Waals surface area contributed by atoms with Gasteiger partial charge in [-0.05, 0) is 34.5 Å². The number of nitrogens with zero attached hydrogens (tertiary/aromatic N) is 3. The van der Waals surface area contributed by atoms with Gasteiger partial charge in [0.1, 0.15) is 6.04 Å². The smallest absolute Gasteiger partial charge is 0.242 e. The number of aliphatic hydroxyl groups excluding tert-OH is 1. The van der Waals surface area contributed by atoms with Crippen LogP contribution in [0.5, 0.6) is 0 Å². The lowest BCUT2D eigenvalue weighted by atomic mass is 10.2. The molecule has 0 aromatic carbocycles. The van der Waals surface area contributed by atoms with Crippen LogP contribution < -0.4 is 0 Å². The second kappa shape index (κ2) is 6.33. The highest BCUT2D eigenvalue weighted by Crippen LogP contribution is 2.15. The van der Waals surface area contributed by atoms with E-state index >= 15 is 0 Å². The molecule has 2 unspecified atom stereocenters. The van der Waals surface area contributed by atoms with Crippen LogP contribution in [0.4, 0.5) is 0 Å². The van der Waals surface area contributed by atoms with Gasteiger partial charge in [0.2, 0.25) is 5.91 Å². The largest absolute Gasteiger partial charge is 0.394 e. The Kier molecular flexibility index (Phi) is 5.36. The molecular formula is C12H25N3O2. The molecule has 1 aliphatic rings. The van der Waals surface area contributed by atoms with E-state index in [0.717, 1.165) is 26.1 Å². The quantitative estimate of drug-likeness (QED) is 0.720. The number of likely N-dealkylation sites (N-methyl/N-ethyl adjacent to an activating group) is 2. The van der Waals surface area contributed by atoms with Gasteiger partial charge in [-0.2, -0.15) is 0 Å². The van der Waals surface area contributed by atoms with Crippen LogP contribution in [0.1, 0.15) is 13.3 Å². The van der Waals surface area contributed by atoms with E-state index in [-0.39, 0.29) is 24.6 Å². The van der Waals surface area contributed by atoms with Crippen molar-refractivity contribution < 1.29 is 9.90 Å². The number of hydrogen-bond donors (Lipinski definition) is 1. The molecule has 17 heavy (non-hydrogen) atoms. The number of hydrogen-bond acceptors (Lipinski definition) is 4. The van der Waals surface area contributed by atoms with Crippen molar-refractivity contribution in [3.8, 4) is 0 Å². The highest BCUT2D eigenvalue weighted by atomic mass is 16.3. The van der Waals surface area contributed by atoms with Crippen LogP contribution in [0, 0.1) is 0 Å². The number of carbonyl (C=O) groups is 1. The van der Waals surface area contributed by atoms with E-state index in [9.17, 15) is 9.90 Å². The number of aliphatic hydroxyl groups is 1. The minimum Gasteiger partial charge on any atom is -0.394 e. The van der Waals surface area contributed by atoms with E-state index in [1.807, 2.05) is 30.9 Å². The van der Waals surface area contributed by atoms with Crippen molar-refractivity contribution >= 4 is 5.91 Å². The van der Waals surface area contributed by atoms with Gasteiger partial charge in [-0.1, -0.05) is 0 Å². The fourth-order valence-corrected chi connectivity index (χ4v) is 2.16. The average Bonchev–Trinajstić information content (AvgIpc) is 2.35. The number of amides is 1. The molecule has 0 bridgehead atoms. The summed E-state index contributed by atoms with van der Waals surface area (Å²) in [5.41, 5.74) is 0. The third-order valence-electron chi connectivity index (χ3n) is 3.49. The van der Waals surface area contributed by atoms with Crippen molar-refractivity contribution in [2.45, 2.75) is 25.4 Å². The summed E-state index contributed by atoms with van der Waals surface area (Å²) in [6.45, 7) is 4.44. The van der Waals surface area contributed by atoms with E-state index in [1.54, 1.807) is 0 Å². The first-order chi connectivity index (χ1) is 7.97. The monoisotopic (exact) mass is 243 g/mol. The van der Waals surface area contributed by atoms with Gasteiger partial charge in [0, 0.05) is 25.7 Å². The molecular weight excluding hydrogens is 218 g/mol. The van der Waals surface area contributed by atoms with Gasteiger partial charge >= 0.3 is 0 Å².